The third kappa shape index (κ3) is 4.72. The van der Waals surface area contributed by atoms with Crippen molar-refractivity contribution in [2.75, 3.05) is 23.3 Å². The van der Waals surface area contributed by atoms with Crippen molar-refractivity contribution in [3.05, 3.63) is 61.1 Å². The molecule has 11 heteroatoms. The summed E-state index contributed by atoms with van der Waals surface area (Å²) in [5.41, 5.74) is 2.01. The average Bonchev–Trinajstić information content (AvgIpc) is 3.57. The highest BCUT2D eigenvalue weighted by molar-refractivity contribution is 7.17. The molecule has 4 heterocycles. The predicted molar refractivity (Wildman–Crippen MR) is 119 cm³/mol. The van der Waals surface area contributed by atoms with E-state index < -0.39 is 0 Å². The monoisotopic (exact) mass is 448 g/mol. The number of aromatic nitrogens is 6. The number of ether oxygens (including phenoxy) is 1. The Balaban J connectivity index is 1.13. The summed E-state index contributed by atoms with van der Waals surface area (Å²) in [5.74, 6) is 0.600. The van der Waals surface area contributed by atoms with Crippen LogP contribution in [0.3, 0.4) is 0 Å². The standard InChI is InChI=1S/C21H20N8O2S/c30-19(14-29-12-16(11-23-29)15-5-2-1-3-6-15)24-20-26-27-21(32-20)31-17-8-10-28(13-17)18-7-4-9-22-25-18/h1-7,9,11-12,17H,8,10,13-14H2,(H,24,26,30). The van der Waals surface area contributed by atoms with Crippen LogP contribution in [0.25, 0.3) is 11.1 Å². The largest absolute Gasteiger partial charge is 0.464 e. The van der Waals surface area contributed by atoms with Gasteiger partial charge in [0, 0.05) is 30.9 Å². The number of benzene rings is 1. The number of hydrogen-bond acceptors (Lipinski definition) is 9. The zero-order valence-corrected chi connectivity index (χ0v) is 17.9. The van der Waals surface area contributed by atoms with Gasteiger partial charge in [-0.3, -0.25) is 14.8 Å². The highest BCUT2D eigenvalue weighted by atomic mass is 32.1. The molecule has 0 radical (unpaired) electrons. The zero-order valence-electron chi connectivity index (χ0n) is 17.0. The number of anilines is 2. The molecule has 3 aromatic heterocycles. The van der Waals surface area contributed by atoms with Crippen LogP contribution in [0.4, 0.5) is 10.9 Å². The van der Waals surface area contributed by atoms with Gasteiger partial charge in [0.1, 0.15) is 12.6 Å². The molecule has 0 aliphatic carbocycles. The van der Waals surface area contributed by atoms with Gasteiger partial charge < -0.3 is 9.64 Å². The topological polar surface area (TPSA) is 111 Å². The first-order valence-corrected chi connectivity index (χ1v) is 10.9. The fraction of sp³-hybridized carbons (Fsp3) is 0.238. The first kappa shape index (κ1) is 20.1. The normalized spacial score (nSPS) is 15.6. The lowest BCUT2D eigenvalue weighted by Crippen LogP contribution is -2.25. The van der Waals surface area contributed by atoms with E-state index in [-0.39, 0.29) is 18.6 Å². The molecule has 32 heavy (non-hydrogen) atoms. The Morgan fingerprint density at radius 1 is 1.12 bits per heavy atom. The van der Waals surface area contributed by atoms with Gasteiger partial charge in [0.15, 0.2) is 5.82 Å². The second kappa shape index (κ2) is 9.10. The van der Waals surface area contributed by atoms with E-state index in [0.29, 0.717) is 16.9 Å². The lowest BCUT2D eigenvalue weighted by atomic mass is 10.1. The van der Waals surface area contributed by atoms with Crippen LogP contribution in [-0.2, 0) is 11.3 Å². The minimum atomic E-state index is -0.231. The number of carbonyl (C=O) groups excluding carboxylic acids is 1. The van der Waals surface area contributed by atoms with Crippen LogP contribution in [0.5, 0.6) is 5.19 Å². The molecular weight excluding hydrogens is 428 g/mol. The number of nitrogens with zero attached hydrogens (tertiary/aromatic N) is 7. The van der Waals surface area contributed by atoms with Crippen LogP contribution in [0.15, 0.2) is 61.1 Å². The summed E-state index contributed by atoms with van der Waals surface area (Å²) in [6.07, 6.45) is 6.06. The maximum absolute atomic E-state index is 12.4. The molecule has 1 unspecified atom stereocenters. The summed E-state index contributed by atoms with van der Waals surface area (Å²) in [6, 6.07) is 13.7. The smallest absolute Gasteiger partial charge is 0.296 e. The molecule has 1 aromatic carbocycles. The second-order valence-electron chi connectivity index (χ2n) is 7.27. The Hall–Kier alpha value is -3.86. The molecule has 1 aliphatic rings. The van der Waals surface area contributed by atoms with Crippen LogP contribution in [-0.4, -0.2) is 55.3 Å². The highest BCUT2D eigenvalue weighted by Crippen LogP contribution is 2.26. The Bertz CT molecular complexity index is 1180. The quantitative estimate of drug-likeness (QED) is 0.459. The van der Waals surface area contributed by atoms with E-state index in [2.05, 4.69) is 35.7 Å². The number of hydrogen-bond donors (Lipinski definition) is 1. The Morgan fingerprint density at radius 2 is 2.03 bits per heavy atom. The van der Waals surface area contributed by atoms with E-state index in [4.69, 9.17) is 4.74 Å². The summed E-state index contributed by atoms with van der Waals surface area (Å²) in [4.78, 5) is 14.5. The Labute approximate surface area is 187 Å². The van der Waals surface area contributed by atoms with Gasteiger partial charge in [-0.2, -0.15) is 10.2 Å². The molecule has 5 rings (SSSR count). The van der Waals surface area contributed by atoms with Crippen LogP contribution in [0.1, 0.15) is 6.42 Å². The van der Waals surface area contributed by atoms with Crippen molar-refractivity contribution < 1.29 is 9.53 Å². The summed E-state index contributed by atoms with van der Waals surface area (Å²) in [7, 11) is 0. The zero-order chi connectivity index (χ0) is 21.8. The first-order chi connectivity index (χ1) is 15.7. The van der Waals surface area contributed by atoms with Crippen LogP contribution >= 0.6 is 11.3 Å². The Kier molecular flexibility index (Phi) is 5.71. The second-order valence-corrected chi connectivity index (χ2v) is 8.21. The van der Waals surface area contributed by atoms with E-state index in [0.717, 1.165) is 29.9 Å². The molecule has 0 spiro atoms. The summed E-state index contributed by atoms with van der Waals surface area (Å²) >= 11 is 1.21. The van der Waals surface area contributed by atoms with E-state index in [1.165, 1.54) is 11.3 Å². The van der Waals surface area contributed by atoms with Crippen molar-refractivity contribution in [2.45, 2.75) is 19.1 Å². The van der Waals surface area contributed by atoms with E-state index in [1.807, 2.05) is 48.7 Å². The SMILES string of the molecule is O=C(Cn1cc(-c2ccccc2)cn1)Nc1nnc(OC2CCN(c3cccnn3)C2)s1. The Morgan fingerprint density at radius 3 is 2.88 bits per heavy atom. The van der Waals surface area contributed by atoms with Gasteiger partial charge in [-0.15, -0.1) is 10.2 Å². The van der Waals surface area contributed by atoms with E-state index >= 15 is 0 Å². The van der Waals surface area contributed by atoms with Crippen LogP contribution < -0.4 is 15.0 Å². The third-order valence-corrected chi connectivity index (χ3v) is 5.72. The van der Waals surface area contributed by atoms with Gasteiger partial charge in [-0.25, -0.2) is 0 Å². The fourth-order valence-electron chi connectivity index (χ4n) is 3.48. The summed E-state index contributed by atoms with van der Waals surface area (Å²) in [5, 5.41) is 23.9. The van der Waals surface area contributed by atoms with Gasteiger partial charge in [-0.05, 0) is 29.0 Å². The molecule has 1 fully saturated rings. The van der Waals surface area contributed by atoms with Crippen molar-refractivity contribution in [2.24, 2.45) is 0 Å². The molecule has 4 aromatic rings. The number of amides is 1. The van der Waals surface area contributed by atoms with Gasteiger partial charge in [0.05, 0.1) is 12.7 Å². The van der Waals surface area contributed by atoms with Gasteiger partial charge in [0.2, 0.25) is 11.0 Å². The maximum Gasteiger partial charge on any atom is 0.296 e. The molecule has 1 atom stereocenters. The average molecular weight is 449 g/mol. The van der Waals surface area contributed by atoms with Crippen molar-refractivity contribution in [3.63, 3.8) is 0 Å². The van der Waals surface area contributed by atoms with Crippen molar-refractivity contribution in [1.82, 2.24) is 30.2 Å². The molecule has 1 N–H and O–H groups in total. The predicted octanol–water partition coefficient (Wildman–Crippen LogP) is 2.49. The molecule has 1 amide bonds. The molecule has 0 saturated carbocycles. The lowest BCUT2D eigenvalue weighted by molar-refractivity contribution is -0.116. The molecular formula is C21H20N8O2S. The van der Waals surface area contributed by atoms with Crippen molar-refractivity contribution in [3.8, 4) is 16.3 Å². The van der Waals surface area contributed by atoms with Crippen molar-refractivity contribution in [1.29, 1.82) is 0 Å². The van der Waals surface area contributed by atoms with Crippen LogP contribution in [0.2, 0.25) is 0 Å². The van der Waals surface area contributed by atoms with Gasteiger partial charge in [-0.1, -0.05) is 35.4 Å². The summed E-state index contributed by atoms with van der Waals surface area (Å²) < 4.78 is 7.54. The number of rotatable bonds is 7. The number of nitrogens with one attached hydrogen (secondary N) is 1. The van der Waals surface area contributed by atoms with Crippen molar-refractivity contribution >= 4 is 28.2 Å². The molecule has 1 aliphatic heterocycles. The van der Waals surface area contributed by atoms with E-state index in [9.17, 15) is 4.79 Å². The highest BCUT2D eigenvalue weighted by Gasteiger charge is 2.26. The summed E-state index contributed by atoms with van der Waals surface area (Å²) in [6.45, 7) is 1.61. The van der Waals surface area contributed by atoms with E-state index in [1.54, 1.807) is 17.1 Å². The molecule has 0 bridgehead atoms. The molecule has 1 saturated heterocycles. The lowest BCUT2D eigenvalue weighted by Gasteiger charge is -2.16. The maximum atomic E-state index is 12.4. The minimum absolute atomic E-state index is 0.0195. The first-order valence-electron chi connectivity index (χ1n) is 10.1. The molecule has 162 valence electrons. The minimum Gasteiger partial charge on any atom is -0.464 e. The van der Waals surface area contributed by atoms with Crippen LogP contribution in [0, 0.1) is 0 Å². The fourth-order valence-corrected chi connectivity index (χ4v) is 4.16. The van der Waals surface area contributed by atoms with Gasteiger partial charge >= 0.3 is 0 Å². The molecule has 10 nitrogen and oxygen atoms in total. The van der Waals surface area contributed by atoms with Gasteiger partial charge in [0.25, 0.3) is 5.19 Å². The number of carbonyl (C=O) groups is 1. The third-order valence-electron chi connectivity index (χ3n) is 4.99.